The van der Waals surface area contributed by atoms with Gasteiger partial charge in [0.05, 0.1) is 17.9 Å². The highest BCUT2D eigenvalue weighted by Gasteiger charge is 2.51. The first-order chi connectivity index (χ1) is 12.3. The Hall–Kier alpha value is -2.34. The molecule has 1 saturated heterocycles. The summed E-state index contributed by atoms with van der Waals surface area (Å²) in [7, 11) is 0. The zero-order valence-electron chi connectivity index (χ0n) is 14.3. The standard InChI is InChI=1S/C17H19ClN4O4/c1-4-17(8-23)11(25-15(24)9(2)3)7-12(26-17)22-6-5-10-13(19)20-16(18)21-14(10)22/h1,5-6,9,11-12,23H,7-8H2,2-3H3,(H2,19,20,21)/t11-,12+,17+/m0/s1. The molecule has 0 aromatic carbocycles. The second kappa shape index (κ2) is 6.76. The average molecular weight is 379 g/mol. The Balaban J connectivity index is 1.98. The Morgan fingerprint density at radius 1 is 1.65 bits per heavy atom. The van der Waals surface area contributed by atoms with Crippen molar-refractivity contribution >= 4 is 34.4 Å². The van der Waals surface area contributed by atoms with Gasteiger partial charge in [-0.1, -0.05) is 19.8 Å². The molecule has 0 saturated carbocycles. The van der Waals surface area contributed by atoms with Gasteiger partial charge in [0.1, 0.15) is 23.8 Å². The zero-order chi connectivity index (χ0) is 19.1. The number of terminal acetylenes is 1. The van der Waals surface area contributed by atoms with Gasteiger partial charge in [0.15, 0.2) is 5.60 Å². The number of aliphatic hydroxyl groups is 1. The fourth-order valence-corrected chi connectivity index (χ4v) is 3.07. The number of nitrogens with two attached hydrogens (primary N) is 1. The molecule has 1 aliphatic rings. The van der Waals surface area contributed by atoms with Crippen molar-refractivity contribution in [3.05, 3.63) is 17.5 Å². The van der Waals surface area contributed by atoms with Crippen molar-refractivity contribution in [3.63, 3.8) is 0 Å². The second-order valence-corrected chi connectivity index (χ2v) is 6.76. The van der Waals surface area contributed by atoms with Crippen molar-refractivity contribution in [3.8, 4) is 12.3 Å². The fraction of sp³-hybridized carbons (Fsp3) is 0.471. The van der Waals surface area contributed by atoms with E-state index in [1.807, 2.05) is 0 Å². The van der Waals surface area contributed by atoms with E-state index >= 15 is 0 Å². The van der Waals surface area contributed by atoms with Crippen molar-refractivity contribution in [2.45, 2.75) is 38.2 Å². The third kappa shape index (κ3) is 2.98. The van der Waals surface area contributed by atoms with Crippen LogP contribution < -0.4 is 5.73 Å². The number of carbonyl (C=O) groups is 1. The number of carbonyl (C=O) groups excluding carboxylic acids is 1. The predicted molar refractivity (Wildman–Crippen MR) is 95.1 cm³/mol. The van der Waals surface area contributed by atoms with Crippen LogP contribution in [-0.2, 0) is 14.3 Å². The van der Waals surface area contributed by atoms with E-state index < -0.39 is 30.5 Å². The molecule has 0 unspecified atom stereocenters. The molecular weight excluding hydrogens is 360 g/mol. The van der Waals surface area contributed by atoms with Gasteiger partial charge < -0.3 is 24.9 Å². The molecule has 1 fully saturated rings. The van der Waals surface area contributed by atoms with Crippen LogP contribution in [0.4, 0.5) is 5.82 Å². The Morgan fingerprint density at radius 3 is 3.00 bits per heavy atom. The zero-order valence-corrected chi connectivity index (χ0v) is 15.1. The minimum Gasteiger partial charge on any atom is -0.458 e. The van der Waals surface area contributed by atoms with Crippen molar-refractivity contribution in [1.29, 1.82) is 0 Å². The van der Waals surface area contributed by atoms with Crippen LogP contribution in [-0.4, -0.2) is 43.9 Å². The number of hydrogen-bond donors (Lipinski definition) is 2. The van der Waals surface area contributed by atoms with Gasteiger partial charge in [-0.15, -0.1) is 6.42 Å². The first-order valence-corrected chi connectivity index (χ1v) is 8.45. The van der Waals surface area contributed by atoms with Gasteiger partial charge in [0, 0.05) is 12.6 Å². The molecule has 3 heterocycles. The van der Waals surface area contributed by atoms with E-state index in [-0.39, 0.29) is 23.4 Å². The third-order valence-corrected chi connectivity index (χ3v) is 4.54. The smallest absolute Gasteiger partial charge is 0.308 e. The van der Waals surface area contributed by atoms with E-state index in [1.54, 1.807) is 30.7 Å². The minimum absolute atomic E-state index is 0.00102. The molecule has 2 aromatic heterocycles. The van der Waals surface area contributed by atoms with Crippen LogP contribution in [0, 0.1) is 18.3 Å². The molecule has 0 bridgehead atoms. The first-order valence-electron chi connectivity index (χ1n) is 8.07. The van der Waals surface area contributed by atoms with Crippen LogP contribution in [0.25, 0.3) is 11.0 Å². The highest BCUT2D eigenvalue weighted by atomic mass is 35.5. The Labute approximate surface area is 155 Å². The Morgan fingerprint density at radius 2 is 2.38 bits per heavy atom. The van der Waals surface area contributed by atoms with Crippen molar-refractivity contribution < 1.29 is 19.4 Å². The monoisotopic (exact) mass is 378 g/mol. The maximum Gasteiger partial charge on any atom is 0.308 e. The van der Waals surface area contributed by atoms with E-state index in [0.29, 0.717) is 11.0 Å². The van der Waals surface area contributed by atoms with Crippen LogP contribution >= 0.6 is 11.6 Å². The van der Waals surface area contributed by atoms with Gasteiger partial charge >= 0.3 is 5.97 Å². The van der Waals surface area contributed by atoms with Gasteiger partial charge in [-0.2, -0.15) is 4.98 Å². The maximum absolute atomic E-state index is 12.0. The summed E-state index contributed by atoms with van der Waals surface area (Å²) in [6.45, 7) is 2.94. The molecule has 1 aliphatic heterocycles. The van der Waals surface area contributed by atoms with E-state index in [4.69, 9.17) is 33.2 Å². The minimum atomic E-state index is -1.44. The van der Waals surface area contributed by atoms with E-state index in [1.165, 1.54) is 0 Å². The van der Waals surface area contributed by atoms with Crippen LogP contribution in [0.5, 0.6) is 0 Å². The highest BCUT2D eigenvalue weighted by molar-refractivity contribution is 6.28. The van der Waals surface area contributed by atoms with E-state index in [9.17, 15) is 9.90 Å². The van der Waals surface area contributed by atoms with Crippen LogP contribution in [0.15, 0.2) is 12.3 Å². The van der Waals surface area contributed by atoms with Crippen molar-refractivity contribution in [2.75, 3.05) is 12.3 Å². The summed E-state index contributed by atoms with van der Waals surface area (Å²) in [4.78, 5) is 20.1. The summed E-state index contributed by atoms with van der Waals surface area (Å²) in [5.74, 6) is 1.93. The Kier molecular flexibility index (Phi) is 4.80. The molecule has 0 aliphatic carbocycles. The maximum atomic E-state index is 12.0. The lowest BCUT2D eigenvalue weighted by atomic mass is 9.98. The lowest BCUT2D eigenvalue weighted by molar-refractivity contribution is -0.162. The first kappa shape index (κ1) is 18.5. The average Bonchev–Trinajstić information content (AvgIpc) is 3.16. The van der Waals surface area contributed by atoms with Gasteiger partial charge in [0.25, 0.3) is 0 Å². The summed E-state index contributed by atoms with van der Waals surface area (Å²) in [6.07, 6.45) is 6.13. The molecule has 2 aromatic rings. The summed E-state index contributed by atoms with van der Waals surface area (Å²) in [6, 6.07) is 1.73. The number of rotatable bonds is 4. The SMILES string of the molecule is C#C[C@]1(CO)O[C@@H](n2ccc3c(N)nc(Cl)nc32)C[C@@H]1OC(=O)C(C)C. The molecule has 3 atom stereocenters. The molecule has 0 radical (unpaired) electrons. The van der Waals surface area contributed by atoms with Gasteiger partial charge in [0.2, 0.25) is 5.28 Å². The predicted octanol–water partition coefficient (Wildman–Crippen LogP) is 1.52. The van der Waals surface area contributed by atoms with Crippen molar-refractivity contribution in [2.24, 2.45) is 5.92 Å². The lowest BCUT2D eigenvalue weighted by Crippen LogP contribution is -2.44. The molecule has 138 valence electrons. The third-order valence-electron chi connectivity index (χ3n) is 4.38. The Bertz CT molecular complexity index is 891. The number of fused-ring (bicyclic) bond motifs is 1. The quantitative estimate of drug-likeness (QED) is 0.471. The molecule has 3 N–H and O–H groups in total. The lowest BCUT2D eigenvalue weighted by Gasteiger charge is -2.27. The number of esters is 1. The van der Waals surface area contributed by atoms with Gasteiger partial charge in [-0.05, 0) is 17.7 Å². The molecule has 8 nitrogen and oxygen atoms in total. The van der Waals surface area contributed by atoms with Crippen LogP contribution in [0.2, 0.25) is 5.28 Å². The number of halogens is 1. The number of nitrogens with zero attached hydrogens (tertiary/aromatic N) is 3. The van der Waals surface area contributed by atoms with Crippen LogP contribution in [0.3, 0.4) is 0 Å². The van der Waals surface area contributed by atoms with Crippen LogP contribution in [0.1, 0.15) is 26.5 Å². The number of aromatic nitrogens is 3. The highest BCUT2D eigenvalue weighted by Crippen LogP contribution is 2.40. The molecule has 0 spiro atoms. The molecular formula is C17H19ClN4O4. The summed E-state index contributed by atoms with van der Waals surface area (Å²) >= 11 is 5.90. The summed E-state index contributed by atoms with van der Waals surface area (Å²) in [5, 5.41) is 10.4. The topological polar surface area (TPSA) is 112 Å². The van der Waals surface area contributed by atoms with E-state index in [2.05, 4.69) is 15.9 Å². The van der Waals surface area contributed by atoms with Gasteiger partial charge in [-0.25, -0.2) is 4.98 Å². The molecule has 26 heavy (non-hydrogen) atoms. The molecule has 3 rings (SSSR count). The molecule has 9 heteroatoms. The normalized spacial score (nSPS) is 25.5. The second-order valence-electron chi connectivity index (χ2n) is 6.42. The van der Waals surface area contributed by atoms with E-state index in [0.717, 1.165) is 0 Å². The largest absolute Gasteiger partial charge is 0.458 e. The summed E-state index contributed by atoms with van der Waals surface area (Å²) in [5.41, 5.74) is 4.90. The number of aliphatic hydroxyl groups excluding tert-OH is 1. The number of nitrogen functional groups attached to an aromatic ring is 1. The van der Waals surface area contributed by atoms with Crippen molar-refractivity contribution in [1.82, 2.24) is 14.5 Å². The fourth-order valence-electron chi connectivity index (χ4n) is 2.90. The number of anilines is 1. The summed E-state index contributed by atoms with van der Waals surface area (Å²) < 4.78 is 13.1. The number of hydrogen-bond acceptors (Lipinski definition) is 7. The van der Waals surface area contributed by atoms with Gasteiger partial charge in [-0.3, -0.25) is 4.79 Å². The number of ether oxygens (including phenoxy) is 2. The molecule has 0 amide bonds.